The molecular formula is C27H37F5. The van der Waals surface area contributed by atoms with E-state index in [1.807, 2.05) is 0 Å². The second-order valence-corrected chi connectivity index (χ2v) is 10.0. The maximum atomic E-state index is 14.3. The van der Waals surface area contributed by atoms with E-state index in [2.05, 4.69) is 6.92 Å². The molecule has 32 heavy (non-hydrogen) atoms. The molecule has 2 aliphatic rings. The Morgan fingerprint density at radius 1 is 0.812 bits per heavy atom. The van der Waals surface area contributed by atoms with Crippen molar-refractivity contribution in [1.82, 2.24) is 0 Å². The third-order valence-electron chi connectivity index (χ3n) is 7.81. The van der Waals surface area contributed by atoms with Crippen molar-refractivity contribution in [3.63, 3.8) is 0 Å². The van der Waals surface area contributed by atoms with Crippen LogP contribution in [0.2, 0.25) is 0 Å². The van der Waals surface area contributed by atoms with Gasteiger partial charge in [0, 0.05) is 11.6 Å². The summed E-state index contributed by atoms with van der Waals surface area (Å²) >= 11 is 0. The molecule has 0 heterocycles. The number of alkyl halides is 3. The maximum Gasteiger partial charge on any atom is 0.409 e. The van der Waals surface area contributed by atoms with Gasteiger partial charge in [-0.25, -0.2) is 8.78 Å². The van der Waals surface area contributed by atoms with Gasteiger partial charge in [0.25, 0.3) is 0 Å². The summed E-state index contributed by atoms with van der Waals surface area (Å²) in [6, 6.07) is 2.46. The lowest BCUT2D eigenvalue weighted by Crippen LogP contribution is -2.25. The summed E-state index contributed by atoms with van der Waals surface area (Å²) in [4.78, 5) is 0. The fourth-order valence-electron chi connectivity index (χ4n) is 5.91. The Morgan fingerprint density at radius 2 is 1.38 bits per heavy atom. The summed E-state index contributed by atoms with van der Waals surface area (Å²) in [6.07, 6.45) is 11.8. The maximum absolute atomic E-state index is 14.3. The molecule has 0 spiro atoms. The minimum atomic E-state index is -4.59. The van der Waals surface area contributed by atoms with E-state index in [1.54, 1.807) is 0 Å². The Bertz CT molecular complexity index is 712. The van der Waals surface area contributed by atoms with Crippen LogP contribution in [0.5, 0.6) is 0 Å². The van der Waals surface area contributed by atoms with Crippen molar-refractivity contribution >= 4 is 6.08 Å². The van der Waals surface area contributed by atoms with E-state index in [4.69, 9.17) is 0 Å². The third kappa shape index (κ3) is 7.31. The molecule has 0 atom stereocenters. The van der Waals surface area contributed by atoms with E-state index in [9.17, 15) is 22.0 Å². The molecule has 0 nitrogen and oxygen atoms in total. The Hall–Kier alpha value is -1.39. The first-order chi connectivity index (χ1) is 15.3. The quantitative estimate of drug-likeness (QED) is 0.270. The lowest BCUT2D eigenvalue weighted by atomic mass is 9.68. The summed E-state index contributed by atoms with van der Waals surface area (Å²) in [5.74, 6) is 0.642. The smallest absolute Gasteiger partial charge is 0.206 e. The molecule has 0 N–H and O–H groups in total. The van der Waals surface area contributed by atoms with Crippen molar-refractivity contribution in [2.45, 2.75) is 102 Å². The number of benzene rings is 1. The van der Waals surface area contributed by atoms with E-state index in [0.29, 0.717) is 17.6 Å². The second kappa shape index (κ2) is 11.7. The van der Waals surface area contributed by atoms with Gasteiger partial charge >= 0.3 is 6.18 Å². The van der Waals surface area contributed by atoms with Crippen LogP contribution in [0.3, 0.4) is 0 Å². The van der Waals surface area contributed by atoms with Gasteiger partial charge in [0.1, 0.15) is 11.6 Å². The number of hydrogen-bond donors (Lipinski definition) is 0. The number of hydrogen-bond acceptors (Lipinski definition) is 0. The highest BCUT2D eigenvalue weighted by molar-refractivity contribution is 5.52. The topological polar surface area (TPSA) is 0 Å². The van der Waals surface area contributed by atoms with Crippen molar-refractivity contribution in [2.24, 2.45) is 17.8 Å². The van der Waals surface area contributed by atoms with Crippen LogP contribution in [0.4, 0.5) is 22.0 Å². The van der Waals surface area contributed by atoms with E-state index < -0.39 is 23.4 Å². The van der Waals surface area contributed by atoms with Crippen molar-refractivity contribution in [1.29, 1.82) is 0 Å². The van der Waals surface area contributed by atoms with E-state index in [-0.39, 0.29) is 12.0 Å². The molecule has 180 valence electrons. The highest BCUT2D eigenvalue weighted by Crippen LogP contribution is 2.45. The van der Waals surface area contributed by atoms with Crippen LogP contribution < -0.4 is 0 Å². The van der Waals surface area contributed by atoms with Gasteiger partial charge in [-0.3, -0.25) is 0 Å². The summed E-state index contributed by atoms with van der Waals surface area (Å²) in [7, 11) is 0. The largest absolute Gasteiger partial charge is 0.409 e. The Kier molecular flexibility index (Phi) is 9.19. The number of rotatable bonds is 8. The standard InChI is InChI=1S/C27H37F5/c1-2-3-4-5-6-19-7-9-20(10-8-19)21-11-13-22(14-12-21)23-17-25(28)24(26(29)18-23)15-16-27(30,31)32/h15-22H,2-14H2,1H3/b16-15+. The van der Waals surface area contributed by atoms with Gasteiger partial charge in [-0.05, 0) is 86.0 Å². The zero-order valence-electron chi connectivity index (χ0n) is 19.2. The summed E-state index contributed by atoms with van der Waals surface area (Å²) in [5, 5.41) is 0. The van der Waals surface area contributed by atoms with Gasteiger partial charge < -0.3 is 0 Å². The number of unbranched alkanes of at least 4 members (excludes halogenated alkanes) is 3. The van der Waals surface area contributed by atoms with Gasteiger partial charge in [0.05, 0.1) is 0 Å². The minimum Gasteiger partial charge on any atom is -0.206 e. The molecule has 2 saturated carbocycles. The number of allylic oxidation sites excluding steroid dienone is 1. The van der Waals surface area contributed by atoms with Crippen LogP contribution in [0.1, 0.15) is 107 Å². The van der Waals surface area contributed by atoms with Crippen LogP contribution in [0.25, 0.3) is 6.08 Å². The molecular weight excluding hydrogens is 419 g/mol. The molecule has 2 fully saturated rings. The average Bonchev–Trinajstić information content (AvgIpc) is 2.76. The van der Waals surface area contributed by atoms with E-state index in [0.717, 1.165) is 37.5 Å². The number of halogens is 5. The second-order valence-electron chi connectivity index (χ2n) is 10.0. The average molecular weight is 457 g/mol. The Labute approximate surface area is 189 Å². The highest BCUT2D eigenvalue weighted by atomic mass is 19.4. The van der Waals surface area contributed by atoms with Crippen LogP contribution in [0, 0.1) is 29.4 Å². The fraction of sp³-hybridized carbons (Fsp3) is 0.704. The molecule has 0 amide bonds. The summed E-state index contributed by atoms with van der Waals surface area (Å²) < 4.78 is 65.6. The molecule has 0 bridgehead atoms. The highest BCUT2D eigenvalue weighted by Gasteiger charge is 2.31. The minimum absolute atomic E-state index is 0.0887. The normalized spacial score (nSPS) is 27.2. The fourth-order valence-corrected chi connectivity index (χ4v) is 5.91. The van der Waals surface area contributed by atoms with Gasteiger partial charge in [0.15, 0.2) is 0 Å². The first kappa shape index (κ1) is 25.2. The van der Waals surface area contributed by atoms with Crippen LogP contribution in [0.15, 0.2) is 18.2 Å². The van der Waals surface area contributed by atoms with Crippen molar-refractivity contribution in [2.75, 3.05) is 0 Å². The van der Waals surface area contributed by atoms with Crippen molar-refractivity contribution in [3.8, 4) is 0 Å². The first-order valence-corrected chi connectivity index (χ1v) is 12.5. The molecule has 0 aliphatic heterocycles. The molecule has 2 aliphatic carbocycles. The molecule has 3 rings (SSSR count). The Morgan fingerprint density at radius 3 is 1.91 bits per heavy atom. The van der Waals surface area contributed by atoms with Crippen LogP contribution >= 0.6 is 0 Å². The van der Waals surface area contributed by atoms with Gasteiger partial charge in [-0.1, -0.05) is 51.9 Å². The molecule has 1 aromatic rings. The van der Waals surface area contributed by atoms with E-state index >= 15 is 0 Å². The zero-order chi connectivity index (χ0) is 23.1. The predicted octanol–water partition coefficient (Wildman–Crippen LogP) is 9.59. The predicted molar refractivity (Wildman–Crippen MR) is 120 cm³/mol. The molecule has 5 heteroatoms. The van der Waals surface area contributed by atoms with Crippen LogP contribution in [-0.4, -0.2) is 6.18 Å². The Balaban J connectivity index is 1.48. The SMILES string of the molecule is CCCCCCC1CCC(C2CCC(c3cc(F)c(/C=C/C(F)(F)F)c(F)c3)CC2)CC1. The van der Waals surface area contributed by atoms with Crippen molar-refractivity contribution < 1.29 is 22.0 Å². The lowest BCUT2D eigenvalue weighted by molar-refractivity contribution is -0.0790. The molecule has 1 aromatic carbocycles. The lowest BCUT2D eigenvalue weighted by Gasteiger charge is -2.38. The molecule has 0 unspecified atom stereocenters. The van der Waals surface area contributed by atoms with Crippen molar-refractivity contribution in [3.05, 3.63) is 41.0 Å². The monoisotopic (exact) mass is 456 g/mol. The van der Waals surface area contributed by atoms with Crippen LogP contribution in [-0.2, 0) is 0 Å². The summed E-state index contributed by atoms with van der Waals surface area (Å²) in [5.41, 5.74) is -0.0374. The van der Waals surface area contributed by atoms with Gasteiger partial charge in [0.2, 0.25) is 0 Å². The third-order valence-corrected chi connectivity index (χ3v) is 7.81. The molecule has 0 radical (unpaired) electrons. The molecule has 0 saturated heterocycles. The summed E-state index contributed by atoms with van der Waals surface area (Å²) in [6.45, 7) is 2.25. The zero-order valence-corrected chi connectivity index (χ0v) is 19.2. The van der Waals surface area contributed by atoms with Gasteiger partial charge in [-0.2, -0.15) is 13.2 Å². The van der Waals surface area contributed by atoms with E-state index in [1.165, 1.54) is 69.9 Å². The first-order valence-electron chi connectivity index (χ1n) is 12.5. The van der Waals surface area contributed by atoms with Gasteiger partial charge in [-0.15, -0.1) is 0 Å². The molecule has 0 aromatic heterocycles.